The number of carbonyl (C=O) groups excluding carboxylic acids is 1. The fourth-order valence-corrected chi connectivity index (χ4v) is 2.94. The Morgan fingerprint density at radius 2 is 2.14 bits per heavy atom. The molecule has 1 amide bonds. The average molecular weight is 289 g/mol. The zero-order valence-corrected chi connectivity index (χ0v) is 13.5. The van der Waals surface area contributed by atoms with E-state index in [0.717, 1.165) is 13.1 Å². The van der Waals surface area contributed by atoms with E-state index in [-0.39, 0.29) is 11.9 Å². The van der Waals surface area contributed by atoms with Gasteiger partial charge in [0, 0.05) is 25.2 Å². The Morgan fingerprint density at radius 3 is 2.86 bits per heavy atom. The molecule has 0 aliphatic carbocycles. The van der Waals surface area contributed by atoms with Crippen molar-refractivity contribution in [3.8, 4) is 0 Å². The summed E-state index contributed by atoms with van der Waals surface area (Å²) in [6.45, 7) is 10.8. The number of amides is 1. The second-order valence-electron chi connectivity index (χ2n) is 6.23. The first kappa shape index (κ1) is 16.0. The van der Waals surface area contributed by atoms with Gasteiger partial charge in [0.2, 0.25) is 5.91 Å². The third-order valence-corrected chi connectivity index (χ3v) is 4.27. The Kier molecular flexibility index (Phi) is 5.37. The Balaban J connectivity index is 1.91. The molecule has 1 saturated heterocycles. The van der Waals surface area contributed by atoms with E-state index < -0.39 is 0 Å². The Bertz CT molecular complexity index is 489. The topological polar surface area (TPSA) is 44.4 Å². The van der Waals surface area contributed by atoms with E-state index in [4.69, 9.17) is 0 Å². The van der Waals surface area contributed by atoms with Crippen LogP contribution in [0.1, 0.15) is 37.9 Å². The van der Waals surface area contributed by atoms with Crippen LogP contribution in [0.5, 0.6) is 0 Å². The summed E-state index contributed by atoms with van der Waals surface area (Å²) >= 11 is 0. The highest BCUT2D eigenvalue weighted by Crippen LogP contribution is 2.16. The van der Waals surface area contributed by atoms with Crippen LogP contribution < -0.4 is 10.6 Å². The molecule has 1 fully saturated rings. The minimum Gasteiger partial charge on any atom is -0.348 e. The maximum atomic E-state index is 12.3. The van der Waals surface area contributed by atoms with Gasteiger partial charge in [0.15, 0.2) is 0 Å². The number of nitrogens with zero attached hydrogens (tertiary/aromatic N) is 1. The van der Waals surface area contributed by atoms with Crippen molar-refractivity contribution in [3.63, 3.8) is 0 Å². The molecule has 0 saturated carbocycles. The average Bonchev–Trinajstić information content (AvgIpc) is 2.43. The van der Waals surface area contributed by atoms with Gasteiger partial charge < -0.3 is 10.6 Å². The fraction of sp³-hybridized carbons (Fsp3) is 0.588. The molecule has 1 aromatic rings. The van der Waals surface area contributed by atoms with Gasteiger partial charge in [-0.1, -0.05) is 24.3 Å². The molecule has 4 nitrogen and oxygen atoms in total. The van der Waals surface area contributed by atoms with Crippen molar-refractivity contribution in [2.45, 2.75) is 45.8 Å². The van der Waals surface area contributed by atoms with Gasteiger partial charge in [-0.15, -0.1) is 0 Å². The van der Waals surface area contributed by atoms with Crippen LogP contribution in [-0.2, 0) is 4.79 Å². The van der Waals surface area contributed by atoms with Crippen molar-refractivity contribution in [1.29, 1.82) is 0 Å². The molecular weight excluding hydrogens is 262 g/mol. The molecule has 1 aliphatic rings. The predicted octanol–water partition coefficient (Wildman–Crippen LogP) is 1.85. The lowest BCUT2D eigenvalue weighted by Crippen LogP contribution is -2.56. The van der Waals surface area contributed by atoms with Crippen molar-refractivity contribution in [2.24, 2.45) is 0 Å². The Hall–Kier alpha value is -1.39. The predicted molar refractivity (Wildman–Crippen MR) is 86.2 cm³/mol. The quantitative estimate of drug-likeness (QED) is 0.889. The highest BCUT2D eigenvalue weighted by atomic mass is 16.2. The normalized spacial score (nSPS) is 24.6. The molecule has 0 radical (unpaired) electrons. The number of piperazine rings is 1. The summed E-state index contributed by atoms with van der Waals surface area (Å²) in [6, 6.07) is 9.11. The highest BCUT2D eigenvalue weighted by molar-refractivity contribution is 5.78. The summed E-state index contributed by atoms with van der Waals surface area (Å²) in [5.41, 5.74) is 2.40. The molecule has 0 aromatic heterocycles. The lowest BCUT2D eigenvalue weighted by Gasteiger charge is -2.37. The Labute approximate surface area is 127 Å². The summed E-state index contributed by atoms with van der Waals surface area (Å²) in [7, 11) is 0. The first-order valence-electron chi connectivity index (χ1n) is 7.79. The fourth-order valence-electron chi connectivity index (χ4n) is 2.94. The molecule has 21 heavy (non-hydrogen) atoms. The van der Waals surface area contributed by atoms with E-state index in [1.165, 1.54) is 11.1 Å². The lowest BCUT2D eigenvalue weighted by atomic mass is 10.0. The third kappa shape index (κ3) is 4.29. The third-order valence-electron chi connectivity index (χ3n) is 4.27. The molecule has 1 aromatic carbocycles. The van der Waals surface area contributed by atoms with E-state index in [2.05, 4.69) is 48.4 Å². The summed E-state index contributed by atoms with van der Waals surface area (Å²) in [6.07, 6.45) is 0. The molecule has 4 heteroatoms. The summed E-state index contributed by atoms with van der Waals surface area (Å²) < 4.78 is 0. The number of benzene rings is 1. The molecule has 1 aliphatic heterocycles. The van der Waals surface area contributed by atoms with Crippen LogP contribution in [0.15, 0.2) is 24.3 Å². The van der Waals surface area contributed by atoms with Gasteiger partial charge in [-0.3, -0.25) is 9.69 Å². The molecule has 2 N–H and O–H groups in total. The van der Waals surface area contributed by atoms with Crippen LogP contribution in [0.4, 0.5) is 0 Å². The zero-order chi connectivity index (χ0) is 15.4. The molecule has 2 rings (SSSR count). The molecule has 116 valence electrons. The van der Waals surface area contributed by atoms with Crippen LogP contribution in [0.25, 0.3) is 0 Å². The van der Waals surface area contributed by atoms with Gasteiger partial charge in [-0.05, 0) is 38.8 Å². The second kappa shape index (κ2) is 7.05. The standard InChI is InChI=1S/C17H27N3O/c1-12-7-5-6-8-16(12)15(4)19-17(21)11-20-10-13(2)18-9-14(20)3/h5-8,13-15,18H,9-11H2,1-4H3,(H,19,21). The molecular formula is C17H27N3O. The van der Waals surface area contributed by atoms with Gasteiger partial charge in [-0.2, -0.15) is 0 Å². The lowest BCUT2D eigenvalue weighted by molar-refractivity contribution is -0.123. The van der Waals surface area contributed by atoms with Gasteiger partial charge >= 0.3 is 0 Å². The number of aryl methyl sites for hydroxylation is 1. The van der Waals surface area contributed by atoms with Crippen LogP contribution in [0.2, 0.25) is 0 Å². The minimum atomic E-state index is 0.0503. The molecule has 0 bridgehead atoms. The van der Waals surface area contributed by atoms with Gasteiger partial charge in [0.05, 0.1) is 12.6 Å². The molecule has 1 heterocycles. The van der Waals surface area contributed by atoms with Crippen LogP contribution in [-0.4, -0.2) is 42.5 Å². The number of nitrogens with one attached hydrogen (secondary N) is 2. The van der Waals surface area contributed by atoms with Crippen LogP contribution in [0, 0.1) is 6.92 Å². The monoisotopic (exact) mass is 289 g/mol. The first-order chi connectivity index (χ1) is 9.97. The summed E-state index contributed by atoms with van der Waals surface area (Å²) in [5.74, 6) is 0.103. The van der Waals surface area contributed by atoms with E-state index >= 15 is 0 Å². The number of rotatable bonds is 4. The molecule has 0 spiro atoms. The van der Waals surface area contributed by atoms with Gasteiger partial charge in [0.25, 0.3) is 0 Å². The molecule has 3 unspecified atom stereocenters. The largest absolute Gasteiger partial charge is 0.348 e. The maximum absolute atomic E-state index is 12.3. The number of hydrogen-bond donors (Lipinski definition) is 2. The van der Waals surface area contributed by atoms with Crippen molar-refractivity contribution >= 4 is 5.91 Å². The van der Waals surface area contributed by atoms with Crippen LogP contribution >= 0.6 is 0 Å². The summed E-state index contributed by atoms with van der Waals surface area (Å²) in [5, 5.41) is 6.55. The number of hydrogen-bond acceptors (Lipinski definition) is 3. The van der Waals surface area contributed by atoms with E-state index in [1.807, 2.05) is 19.1 Å². The SMILES string of the molecule is Cc1ccccc1C(C)NC(=O)CN1CC(C)NCC1C. The van der Waals surface area contributed by atoms with Crippen molar-refractivity contribution < 1.29 is 4.79 Å². The van der Waals surface area contributed by atoms with Gasteiger partial charge in [-0.25, -0.2) is 0 Å². The maximum Gasteiger partial charge on any atom is 0.234 e. The van der Waals surface area contributed by atoms with E-state index in [1.54, 1.807) is 0 Å². The minimum absolute atomic E-state index is 0.0503. The van der Waals surface area contributed by atoms with Crippen molar-refractivity contribution in [3.05, 3.63) is 35.4 Å². The zero-order valence-electron chi connectivity index (χ0n) is 13.5. The van der Waals surface area contributed by atoms with Gasteiger partial charge in [0.1, 0.15) is 0 Å². The number of carbonyl (C=O) groups is 1. The van der Waals surface area contributed by atoms with E-state index in [0.29, 0.717) is 18.6 Å². The van der Waals surface area contributed by atoms with Crippen molar-refractivity contribution in [1.82, 2.24) is 15.5 Å². The van der Waals surface area contributed by atoms with Crippen molar-refractivity contribution in [2.75, 3.05) is 19.6 Å². The van der Waals surface area contributed by atoms with Crippen LogP contribution in [0.3, 0.4) is 0 Å². The molecule has 3 atom stereocenters. The smallest absolute Gasteiger partial charge is 0.234 e. The first-order valence-corrected chi connectivity index (χ1v) is 7.79. The van der Waals surface area contributed by atoms with E-state index in [9.17, 15) is 4.79 Å². The summed E-state index contributed by atoms with van der Waals surface area (Å²) in [4.78, 5) is 14.5. The Morgan fingerprint density at radius 1 is 1.43 bits per heavy atom. The second-order valence-corrected chi connectivity index (χ2v) is 6.23. The highest BCUT2D eigenvalue weighted by Gasteiger charge is 2.24.